The topological polar surface area (TPSA) is 44.0 Å². The minimum atomic E-state index is 0.383. The molecule has 1 fully saturated rings. The Kier molecular flexibility index (Phi) is 5.12. The standard InChI is InChI=1S/C22H26N4S/c1-3-16-7-9-18(10-8-16)23-22(27)26-12-4-5-17(14-26)21-24-19-11-6-15(2)13-20(19)25-21/h6-11,13,17H,3-5,12,14H2,1-2H3,(H,23,27)(H,24,25)/t17-/m0/s1. The minimum Gasteiger partial charge on any atom is -0.348 e. The summed E-state index contributed by atoms with van der Waals surface area (Å²) in [5.41, 5.74) is 5.81. The molecular formula is C22H26N4S. The van der Waals surface area contributed by atoms with Crippen LogP contribution in [0.5, 0.6) is 0 Å². The van der Waals surface area contributed by atoms with Gasteiger partial charge in [0, 0.05) is 24.7 Å². The molecule has 2 aromatic carbocycles. The van der Waals surface area contributed by atoms with Gasteiger partial charge in [-0.3, -0.25) is 0 Å². The lowest BCUT2D eigenvalue weighted by molar-refractivity contribution is 0.307. The molecule has 0 unspecified atom stereocenters. The third kappa shape index (κ3) is 3.98. The zero-order valence-electron chi connectivity index (χ0n) is 16.0. The Bertz CT molecular complexity index is 945. The third-order valence-corrected chi connectivity index (χ3v) is 5.72. The number of aromatic amines is 1. The number of piperidine rings is 1. The summed E-state index contributed by atoms with van der Waals surface area (Å²) in [6, 6.07) is 14.9. The molecule has 1 aromatic heterocycles. The molecule has 5 heteroatoms. The lowest BCUT2D eigenvalue weighted by Crippen LogP contribution is -2.41. The molecule has 1 aliphatic heterocycles. The fourth-order valence-corrected chi connectivity index (χ4v) is 4.03. The Morgan fingerprint density at radius 3 is 2.85 bits per heavy atom. The van der Waals surface area contributed by atoms with Crippen LogP contribution in [0.4, 0.5) is 5.69 Å². The summed E-state index contributed by atoms with van der Waals surface area (Å²) >= 11 is 5.69. The van der Waals surface area contributed by atoms with Crippen molar-refractivity contribution in [3.63, 3.8) is 0 Å². The van der Waals surface area contributed by atoms with Gasteiger partial charge in [0.05, 0.1) is 11.0 Å². The van der Waals surface area contributed by atoms with Crippen molar-refractivity contribution in [2.75, 3.05) is 18.4 Å². The Labute approximate surface area is 166 Å². The maximum absolute atomic E-state index is 5.69. The van der Waals surface area contributed by atoms with Crippen LogP contribution in [-0.4, -0.2) is 33.1 Å². The van der Waals surface area contributed by atoms with E-state index in [0.717, 1.165) is 60.0 Å². The summed E-state index contributed by atoms with van der Waals surface area (Å²) in [7, 11) is 0. The second kappa shape index (κ2) is 7.69. The molecule has 1 saturated heterocycles. The normalized spacial score (nSPS) is 17.3. The number of thiocarbonyl (C=S) groups is 1. The Hall–Kier alpha value is -2.40. The van der Waals surface area contributed by atoms with Gasteiger partial charge in [-0.05, 0) is 73.8 Å². The molecule has 4 rings (SSSR count). The number of nitrogens with one attached hydrogen (secondary N) is 2. The Morgan fingerprint density at radius 1 is 1.26 bits per heavy atom. The molecular weight excluding hydrogens is 352 g/mol. The van der Waals surface area contributed by atoms with Gasteiger partial charge >= 0.3 is 0 Å². The summed E-state index contributed by atoms with van der Waals surface area (Å²) in [5.74, 6) is 1.46. The molecule has 0 amide bonds. The molecule has 0 radical (unpaired) electrons. The van der Waals surface area contributed by atoms with Crippen LogP contribution in [0, 0.1) is 6.92 Å². The molecule has 0 bridgehead atoms. The number of rotatable bonds is 3. The van der Waals surface area contributed by atoms with Gasteiger partial charge in [-0.1, -0.05) is 25.1 Å². The number of nitrogens with zero attached hydrogens (tertiary/aromatic N) is 2. The monoisotopic (exact) mass is 378 g/mol. The van der Waals surface area contributed by atoms with E-state index in [1.54, 1.807) is 0 Å². The SMILES string of the molecule is CCc1ccc(NC(=S)N2CCC[C@H](c3nc4ccc(C)cc4[nH]3)C2)cc1. The highest BCUT2D eigenvalue weighted by Gasteiger charge is 2.25. The number of H-pyrrole nitrogens is 1. The second-order valence-corrected chi connectivity index (χ2v) is 7.80. The number of hydrogen-bond donors (Lipinski definition) is 2. The smallest absolute Gasteiger partial charge is 0.173 e. The first-order valence-electron chi connectivity index (χ1n) is 9.73. The van der Waals surface area contributed by atoms with Crippen LogP contribution in [0.2, 0.25) is 0 Å². The number of fused-ring (bicyclic) bond motifs is 1. The highest BCUT2D eigenvalue weighted by Crippen LogP contribution is 2.27. The van der Waals surface area contributed by atoms with Crippen LogP contribution in [0.1, 0.15) is 42.6 Å². The van der Waals surface area contributed by atoms with Gasteiger partial charge in [0.25, 0.3) is 0 Å². The van der Waals surface area contributed by atoms with Gasteiger partial charge < -0.3 is 15.2 Å². The maximum atomic E-state index is 5.69. The number of benzene rings is 2. The third-order valence-electron chi connectivity index (χ3n) is 5.36. The van der Waals surface area contributed by atoms with Gasteiger partial charge in [0.2, 0.25) is 0 Å². The first-order chi connectivity index (χ1) is 13.1. The van der Waals surface area contributed by atoms with Gasteiger partial charge in [0.1, 0.15) is 5.82 Å². The fraction of sp³-hybridized carbons (Fsp3) is 0.364. The van der Waals surface area contributed by atoms with Crippen molar-refractivity contribution in [2.45, 2.75) is 39.0 Å². The number of hydrogen-bond acceptors (Lipinski definition) is 2. The lowest BCUT2D eigenvalue weighted by Gasteiger charge is -2.33. The van der Waals surface area contributed by atoms with Gasteiger partial charge in [-0.25, -0.2) is 4.98 Å². The van der Waals surface area contributed by atoms with E-state index in [1.165, 1.54) is 11.1 Å². The van der Waals surface area contributed by atoms with Crippen molar-refractivity contribution < 1.29 is 0 Å². The number of imidazole rings is 1. The van der Waals surface area contributed by atoms with Crippen molar-refractivity contribution in [3.8, 4) is 0 Å². The number of anilines is 1. The van der Waals surface area contributed by atoms with E-state index in [-0.39, 0.29) is 0 Å². The molecule has 3 aromatic rings. The molecule has 27 heavy (non-hydrogen) atoms. The molecule has 0 aliphatic carbocycles. The van der Waals surface area contributed by atoms with Gasteiger partial charge in [0.15, 0.2) is 5.11 Å². The van der Waals surface area contributed by atoms with E-state index in [1.807, 2.05) is 0 Å². The molecule has 4 nitrogen and oxygen atoms in total. The molecule has 140 valence electrons. The van der Waals surface area contributed by atoms with Crippen molar-refractivity contribution in [2.24, 2.45) is 0 Å². The van der Waals surface area contributed by atoms with Crippen LogP contribution in [-0.2, 0) is 6.42 Å². The summed E-state index contributed by atoms with van der Waals surface area (Å²) in [5, 5.41) is 4.20. The van der Waals surface area contributed by atoms with E-state index < -0.39 is 0 Å². The number of aryl methyl sites for hydroxylation is 2. The van der Waals surface area contributed by atoms with Crippen LogP contribution in [0.3, 0.4) is 0 Å². The number of likely N-dealkylation sites (tertiary alicyclic amines) is 1. The zero-order chi connectivity index (χ0) is 18.8. The van der Waals surface area contributed by atoms with E-state index >= 15 is 0 Å². The summed E-state index contributed by atoms with van der Waals surface area (Å²) in [6.07, 6.45) is 3.32. The van der Waals surface area contributed by atoms with E-state index in [4.69, 9.17) is 17.2 Å². The summed E-state index contributed by atoms with van der Waals surface area (Å²) in [4.78, 5) is 10.6. The zero-order valence-corrected chi connectivity index (χ0v) is 16.8. The van der Waals surface area contributed by atoms with E-state index in [0.29, 0.717) is 5.92 Å². The van der Waals surface area contributed by atoms with Gasteiger partial charge in [-0.2, -0.15) is 0 Å². The van der Waals surface area contributed by atoms with Gasteiger partial charge in [-0.15, -0.1) is 0 Å². The molecule has 1 aliphatic rings. The van der Waals surface area contributed by atoms with E-state index in [2.05, 4.69) is 71.5 Å². The first-order valence-corrected chi connectivity index (χ1v) is 10.1. The van der Waals surface area contributed by atoms with Crippen molar-refractivity contribution in [1.29, 1.82) is 0 Å². The Balaban J connectivity index is 1.45. The molecule has 2 heterocycles. The molecule has 1 atom stereocenters. The maximum Gasteiger partial charge on any atom is 0.173 e. The predicted molar refractivity (Wildman–Crippen MR) is 116 cm³/mol. The van der Waals surface area contributed by atoms with Crippen LogP contribution < -0.4 is 5.32 Å². The van der Waals surface area contributed by atoms with Crippen LogP contribution in [0.15, 0.2) is 42.5 Å². The largest absolute Gasteiger partial charge is 0.348 e. The lowest BCUT2D eigenvalue weighted by atomic mass is 9.98. The summed E-state index contributed by atoms with van der Waals surface area (Å²) in [6.45, 7) is 6.17. The predicted octanol–water partition coefficient (Wildman–Crippen LogP) is 5.01. The van der Waals surface area contributed by atoms with Crippen LogP contribution >= 0.6 is 12.2 Å². The molecule has 0 spiro atoms. The van der Waals surface area contributed by atoms with Crippen molar-refractivity contribution >= 4 is 34.1 Å². The average molecular weight is 379 g/mol. The van der Waals surface area contributed by atoms with E-state index in [9.17, 15) is 0 Å². The fourth-order valence-electron chi connectivity index (χ4n) is 3.75. The quantitative estimate of drug-likeness (QED) is 0.629. The van der Waals surface area contributed by atoms with Crippen molar-refractivity contribution in [3.05, 3.63) is 59.4 Å². The Morgan fingerprint density at radius 2 is 2.07 bits per heavy atom. The summed E-state index contributed by atoms with van der Waals surface area (Å²) < 4.78 is 0. The molecule has 2 N–H and O–H groups in total. The highest BCUT2D eigenvalue weighted by molar-refractivity contribution is 7.80. The average Bonchev–Trinajstić information content (AvgIpc) is 3.12. The highest BCUT2D eigenvalue weighted by atomic mass is 32.1. The van der Waals surface area contributed by atoms with Crippen molar-refractivity contribution in [1.82, 2.24) is 14.9 Å². The minimum absolute atomic E-state index is 0.383. The first kappa shape index (κ1) is 18.0. The number of aromatic nitrogens is 2. The second-order valence-electron chi connectivity index (χ2n) is 7.41. The van der Waals surface area contributed by atoms with Crippen LogP contribution in [0.25, 0.3) is 11.0 Å². The molecule has 0 saturated carbocycles.